The van der Waals surface area contributed by atoms with E-state index in [0.29, 0.717) is 32.7 Å². The lowest BCUT2D eigenvalue weighted by Gasteiger charge is -2.35. The molecule has 0 radical (unpaired) electrons. The number of hydrogen-bond donors (Lipinski definition) is 1. The van der Waals surface area contributed by atoms with Gasteiger partial charge in [-0.2, -0.15) is 4.31 Å². The van der Waals surface area contributed by atoms with Crippen molar-refractivity contribution >= 4 is 20.0 Å². The molecule has 1 aliphatic heterocycles. The van der Waals surface area contributed by atoms with Gasteiger partial charge in [-0.15, -0.1) is 0 Å². The Bertz CT molecular complexity index is 1020. The quantitative estimate of drug-likeness (QED) is 0.755. The minimum atomic E-state index is -3.73. The van der Waals surface area contributed by atoms with E-state index in [1.54, 1.807) is 12.1 Å². The summed E-state index contributed by atoms with van der Waals surface area (Å²) in [6.45, 7) is 3.95. The molecule has 0 aromatic heterocycles. The van der Waals surface area contributed by atoms with Crippen molar-refractivity contribution in [3.63, 3.8) is 0 Å². The molecule has 0 unspecified atom stereocenters. The van der Waals surface area contributed by atoms with E-state index in [9.17, 15) is 16.8 Å². The lowest BCUT2D eigenvalue weighted by molar-refractivity contribution is 0.178. The summed E-state index contributed by atoms with van der Waals surface area (Å²) >= 11 is 0. The van der Waals surface area contributed by atoms with Gasteiger partial charge in [0, 0.05) is 19.6 Å². The maximum Gasteiger partial charge on any atom is 0.238 e. The number of nitrogens with two attached hydrogens (primary N) is 1. The average Bonchev–Trinajstić information content (AvgIpc) is 2.63. The van der Waals surface area contributed by atoms with Gasteiger partial charge in [0.1, 0.15) is 0 Å². The van der Waals surface area contributed by atoms with E-state index >= 15 is 0 Å². The van der Waals surface area contributed by atoms with Gasteiger partial charge < -0.3 is 0 Å². The number of primary sulfonamides is 1. The van der Waals surface area contributed by atoms with E-state index in [2.05, 4.69) is 29.2 Å². The highest BCUT2D eigenvalue weighted by Gasteiger charge is 2.29. The third kappa shape index (κ3) is 5.39. The van der Waals surface area contributed by atoms with Crippen molar-refractivity contribution in [1.82, 2.24) is 9.21 Å². The number of hydrogen-bond acceptors (Lipinski definition) is 5. The molecule has 1 fully saturated rings. The Hall–Kier alpha value is -1.78. The fourth-order valence-corrected chi connectivity index (χ4v) is 5.12. The molecule has 0 spiro atoms. The first-order valence-corrected chi connectivity index (χ1v) is 12.2. The van der Waals surface area contributed by atoms with E-state index in [1.807, 2.05) is 6.92 Å². The second kappa shape index (κ2) is 8.30. The van der Waals surface area contributed by atoms with Gasteiger partial charge in [0.25, 0.3) is 0 Å². The third-order valence-electron chi connectivity index (χ3n) is 4.85. The smallest absolute Gasteiger partial charge is 0.238 e. The molecule has 152 valence electrons. The molecule has 28 heavy (non-hydrogen) atoms. The van der Waals surface area contributed by atoms with E-state index in [-0.39, 0.29) is 10.6 Å². The molecule has 0 saturated carbocycles. The largest absolute Gasteiger partial charge is 0.284 e. The second-order valence-electron chi connectivity index (χ2n) is 7.11. The molecule has 9 heteroatoms. The molecule has 1 aliphatic rings. The SMILES string of the molecule is Cc1ccc(CN2CCS(=O)(=O)N(CCc3ccc(S(N)(=O)=O)cc3)C2)cc1. The van der Waals surface area contributed by atoms with Crippen LogP contribution in [-0.2, 0) is 33.0 Å². The van der Waals surface area contributed by atoms with Crippen molar-refractivity contribution in [2.45, 2.75) is 24.8 Å². The summed E-state index contributed by atoms with van der Waals surface area (Å²) in [6, 6.07) is 14.5. The zero-order chi connectivity index (χ0) is 20.4. The summed E-state index contributed by atoms with van der Waals surface area (Å²) in [7, 11) is -7.01. The number of rotatable bonds is 6. The van der Waals surface area contributed by atoms with Gasteiger partial charge in [-0.05, 0) is 36.6 Å². The lowest BCUT2D eigenvalue weighted by atomic mass is 10.1. The van der Waals surface area contributed by atoms with E-state index < -0.39 is 20.0 Å². The van der Waals surface area contributed by atoms with Crippen LogP contribution in [0.25, 0.3) is 0 Å². The van der Waals surface area contributed by atoms with Crippen molar-refractivity contribution in [3.05, 3.63) is 65.2 Å². The highest BCUT2D eigenvalue weighted by atomic mass is 32.2. The molecule has 2 aromatic carbocycles. The van der Waals surface area contributed by atoms with Crippen LogP contribution in [0.3, 0.4) is 0 Å². The topological polar surface area (TPSA) is 101 Å². The summed E-state index contributed by atoms with van der Waals surface area (Å²) in [5.41, 5.74) is 3.21. The van der Waals surface area contributed by atoms with Gasteiger partial charge >= 0.3 is 0 Å². The molecule has 0 atom stereocenters. The summed E-state index contributed by atoms with van der Waals surface area (Å²) < 4.78 is 49.0. The predicted octanol–water partition coefficient (Wildman–Crippen LogP) is 1.29. The standard InChI is InChI=1S/C19H25N3O4S2/c1-16-2-4-18(5-3-16)14-21-12-13-27(23,24)22(15-21)11-10-17-6-8-19(9-7-17)28(20,25)26/h2-9H,10-15H2,1H3,(H2,20,25,26). The Morgan fingerprint density at radius 2 is 1.61 bits per heavy atom. The van der Waals surface area contributed by atoms with Crippen molar-refractivity contribution < 1.29 is 16.8 Å². The zero-order valence-electron chi connectivity index (χ0n) is 15.8. The summed E-state index contributed by atoms with van der Waals surface area (Å²) in [5, 5.41) is 5.10. The van der Waals surface area contributed by atoms with E-state index in [1.165, 1.54) is 22.0 Å². The van der Waals surface area contributed by atoms with Crippen molar-refractivity contribution in [2.75, 3.05) is 25.5 Å². The Morgan fingerprint density at radius 3 is 2.21 bits per heavy atom. The third-order valence-corrected chi connectivity index (χ3v) is 7.56. The van der Waals surface area contributed by atoms with Gasteiger partial charge in [0.2, 0.25) is 20.0 Å². The van der Waals surface area contributed by atoms with Crippen molar-refractivity contribution in [1.29, 1.82) is 0 Å². The van der Waals surface area contributed by atoms with Crippen LogP contribution < -0.4 is 5.14 Å². The molecule has 2 aromatic rings. The molecular formula is C19H25N3O4S2. The Kier molecular flexibility index (Phi) is 6.21. The first-order valence-electron chi connectivity index (χ1n) is 9.01. The van der Waals surface area contributed by atoms with Gasteiger partial charge in [-0.1, -0.05) is 42.0 Å². The van der Waals surface area contributed by atoms with Crippen molar-refractivity contribution in [3.8, 4) is 0 Å². The summed E-state index contributed by atoms with van der Waals surface area (Å²) in [5.74, 6) is 0.100. The highest BCUT2D eigenvalue weighted by molar-refractivity contribution is 7.89. The Labute approximate surface area is 166 Å². The predicted molar refractivity (Wildman–Crippen MR) is 108 cm³/mol. The minimum absolute atomic E-state index is 0.0473. The fraction of sp³-hybridized carbons (Fsp3) is 0.368. The maximum atomic E-state index is 12.4. The fourth-order valence-electron chi connectivity index (χ4n) is 3.15. The molecule has 1 heterocycles. The maximum absolute atomic E-state index is 12.4. The van der Waals surface area contributed by atoms with Crippen LogP contribution >= 0.6 is 0 Å². The van der Waals surface area contributed by atoms with Gasteiger partial charge in [0.05, 0.1) is 17.3 Å². The molecule has 3 rings (SSSR count). The first kappa shape index (κ1) is 20.9. The van der Waals surface area contributed by atoms with E-state index in [4.69, 9.17) is 5.14 Å². The summed E-state index contributed by atoms with van der Waals surface area (Å²) in [6.07, 6.45) is 0.502. The molecule has 1 saturated heterocycles. The van der Waals surface area contributed by atoms with Crippen LogP contribution in [0.15, 0.2) is 53.4 Å². The van der Waals surface area contributed by atoms with Crippen LogP contribution in [0.5, 0.6) is 0 Å². The first-order chi connectivity index (χ1) is 13.1. The highest BCUT2D eigenvalue weighted by Crippen LogP contribution is 2.16. The number of sulfonamides is 2. The normalized spacial score (nSPS) is 18.2. The Morgan fingerprint density at radius 1 is 1.00 bits per heavy atom. The molecular weight excluding hydrogens is 398 g/mol. The lowest BCUT2D eigenvalue weighted by Crippen LogP contribution is -2.50. The number of nitrogens with zero attached hydrogens (tertiary/aromatic N) is 2. The monoisotopic (exact) mass is 423 g/mol. The van der Waals surface area contributed by atoms with E-state index in [0.717, 1.165) is 11.1 Å². The molecule has 0 amide bonds. The van der Waals surface area contributed by atoms with Crippen LogP contribution in [0.2, 0.25) is 0 Å². The van der Waals surface area contributed by atoms with Gasteiger partial charge in [0.15, 0.2) is 0 Å². The van der Waals surface area contributed by atoms with Crippen LogP contribution in [0.4, 0.5) is 0 Å². The second-order valence-corrected chi connectivity index (χ2v) is 10.8. The molecule has 2 N–H and O–H groups in total. The average molecular weight is 424 g/mol. The Balaban J connectivity index is 1.63. The number of aryl methyl sites for hydroxylation is 1. The zero-order valence-corrected chi connectivity index (χ0v) is 17.4. The molecule has 7 nitrogen and oxygen atoms in total. The van der Waals surface area contributed by atoms with Crippen LogP contribution in [0.1, 0.15) is 16.7 Å². The number of benzene rings is 2. The molecule has 0 aliphatic carbocycles. The minimum Gasteiger partial charge on any atom is -0.284 e. The van der Waals surface area contributed by atoms with Crippen LogP contribution in [-0.4, -0.2) is 51.6 Å². The summed E-state index contributed by atoms with van der Waals surface area (Å²) in [4.78, 5) is 2.17. The van der Waals surface area contributed by atoms with Crippen molar-refractivity contribution in [2.24, 2.45) is 5.14 Å². The van der Waals surface area contributed by atoms with Gasteiger partial charge in [-0.3, -0.25) is 4.90 Å². The van der Waals surface area contributed by atoms with Gasteiger partial charge in [-0.25, -0.2) is 22.0 Å². The molecule has 0 bridgehead atoms. The van der Waals surface area contributed by atoms with Crippen LogP contribution in [0, 0.1) is 6.92 Å².